The Hall–Kier alpha value is -2.30. The standard InChI is InChI=1S/C32H38ClF6N3O/c33-27-6-4-5-24(21-27)30(9-11-40-13-15-41(16-14-40)28-7-2-1-3-8-28)10-12-42(22-30)29(43)19-23-17-25(31(34,35)36)20-26(18-23)32(37,38)39/h4-6,17-18,20-21,28H,1-3,7-16,19,22H2/t30-/m1/s1. The van der Waals surface area contributed by atoms with Gasteiger partial charge in [0, 0.05) is 55.7 Å². The lowest BCUT2D eigenvalue weighted by Crippen LogP contribution is -2.51. The molecule has 2 aromatic carbocycles. The van der Waals surface area contributed by atoms with E-state index in [4.69, 9.17) is 11.6 Å². The van der Waals surface area contributed by atoms with Gasteiger partial charge in [-0.2, -0.15) is 26.3 Å². The van der Waals surface area contributed by atoms with Gasteiger partial charge in [0.1, 0.15) is 0 Å². The number of amides is 1. The van der Waals surface area contributed by atoms with Crippen molar-refractivity contribution in [1.29, 1.82) is 0 Å². The van der Waals surface area contributed by atoms with Crippen LogP contribution in [0.15, 0.2) is 42.5 Å². The lowest BCUT2D eigenvalue weighted by atomic mass is 9.76. The van der Waals surface area contributed by atoms with E-state index in [0.29, 0.717) is 42.7 Å². The number of halogens is 7. The number of alkyl halides is 6. The third-order valence-electron chi connectivity index (χ3n) is 9.55. The maximum atomic E-state index is 13.4. The molecule has 0 spiro atoms. The van der Waals surface area contributed by atoms with Crippen LogP contribution in [0.4, 0.5) is 26.3 Å². The molecule has 1 amide bonds. The summed E-state index contributed by atoms with van der Waals surface area (Å²) in [4.78, 5) is 20.0. The second-order valence-corrected chi connectivity index (χ2v) is 12.8. The highest BCUT2D eigenvalue weighted by molar-refractivity contribution is 6.30. The SMILES string of the molecule is O=C(Cc1cc(C(F)(F)F)cc(C(F)(F)F)c1)N1CC[C@@](CCN2CCN(C3CCCCC3)CC2)(c2cccc(Cl)c2)C1. The molecule has 43 heavy (non-hydrogen) atoms. The highest BCUT2D eigenvalue weighted by atomic mass is 35.5. The van der Waals surface area contributed by atoms with Gasteiger partial charge in [0.25, 0.3) is 0 Å². The van der Waals surface area contributed by atoms with E-state index in [-0.39, 0.29) is 11.6 Å². The van der Waals surface area contributed by atoms with E-state index in [1.165, 1.54) is 32.1 Å². The minimum Gasteiger partial charge on any atom is -0.341 e. The zero-order valence-corrected chi connectivity index (χ0v) is 24.9. The Kier molecular flexibility index (Phi) is 9.69. The van der Waals surface area contributed by atoms with Crippen LogP contribution < -0.4 is 0 Å². The normalized spacial score (nSPS) is 23.2. The number of piperazine rings is 1. The highest BCUT2D eigenvalue weighted by Gasteiger charge is 2.42. The topological polar surface area (TPSA) is 26.8 Å². The van der Waals surface area contributed by atoms with Gasteiger partial charge < -0.3 is 9.80 Å². The molecule has 2 saturated heterocycles. The number of carbonyl (C=O) groups excluding carboxylic acids is 1. The number of benzene rings is 2. The molecule has 2 heterocycles. The Morgan fingerprint density at radius 2 is 1.51 bits per heavy atom. The monoisotopic (exact) mass is 629 g/mol. The first-order chi connectivity index (χ1) is 20.3. The van der Waals surface area contributed by atoms with Gasteiger partial charge in [-0.05, 0) is 73.7 Å². The van der Waals surface area contributed by atoms with Crippen LogP contribution in [0.1, 0.15) is 67.2 Å². The van der Waals surface area contributed by atoms with E-state index < -0.39 is 41.2 Å². The smallest absolute Gasteiger partial charge is 0.341 e. The zero-order valence-electron chi connectivity index (χ0n) is 24.1. The Labute approximate surface area is 254 Å². The van der Waals surface area contributed by atoms with Gasteiger partial charge in [-0.25, -0.2) is 0 Å². The molecule has 2 aromatic rings. The molecule has 0 unspecified atom stereocenters. The second-order valence-electron chi connectivity index (χ2n) is 12.4. The molecule has 5 rings (SSSR count). The van der Waals surface area contributed by atoms with E-state index >= 15 is 0 Å². The molecular weight excluding hydrogens is 592 g/mol. The zero-order chi connectivity index (χ0) is 30.8. The van der Waals surface area contributed by atoms with Gasteiger partial charge in [-0.3, -0.25) is 9.69 Å². The van der Waals surface area contributed by atoms with Crippen molar-refractivity contribution >= 4 is 17.5 Å². The molecule has 236 valence electrons. The molecule has 3 aliphatic rings. The van der Waals surface area contributed by atoms with E-state index in [1.54, 1.807) is 11.0 Å². The quantitative estimate of drug-likeness (QED) is 0.298. The second kappa shape index (κ2) is 13.0. The van der Waals surface area contributed by atoms with Crippen molar-refractivity contribution in [1.82, 2.24) is 14.7 Å². The minimum atomic E-state index is -4.96. The largest absolute Gasteiger partial charge is 0.416 e. The number of nitrogens with zero attached hydrogens (tertiary/aromatic N) is 3. The molecular formula is C32H38ClF6N3O. The van der Waals surface area contributed by atoms with Crippen LogP contribution in [-0.2, 0) is 29.0 Å². The summed E-state index contributed by atoms with van der Waals surface area (Å²) in [5.41, 5.74) is -2.55. The van der Waals surface area contributed by atoms with Gasteiger partial charge in [-0.1, -0.05) is 43.0 Å². The summed E-state index contributed by atoms with van der Waals surface area (Å²) in [6.45, 7) is 5.55. The molecule has 2 aliphatic heterocycles. The molecule has 0 radical (unpaired) electrons. The summed E-state index contributed by atoms with van der Waals surface area (Å²) >= 11 is 6.35. The minimum absolute atomic E-state index is 0.0863. The summed E-state index contributed by atoms with van der Waals surface area (Å²) in [6.07, 6.45) is -2.57. The summed E-state index contributed by atoms with van der Waals surface area (Å²) < 4.78 is 80.2. The Morgan fingerprint density at radius 1 is 0.860 bits per heavy atom. The van der Waals surface area contributed by atoms with Crippen LogP contribution in [0.5, 0.6) is 0 Å². The fourth-order valence-corrected chi connectivity index (χ4v) is 7.26. The number of carbonyl (C=O) groups is 1. The predicted octanol–water partition coefficient (Wildman–Crippen LogP) is 7.43. The predicted molar refractivity (Wildman–Crippen MR) is 154 cm³/mol. The van der Waals surface area contributed by atoms with Crippen LogP contribution in [0, 0.1) is 0 Å². The van der Waals surface area contributed by atoms with Gasteiger partial charge in [0.05, 0.1) is 17.5 Å². The molecule has 0 aromatic heterocycles. The van der Waals surface area contributed by atoms with E-state index in [2.05, 4.69) is 9.80 Å². The van der Waals surface area contributed by atoms with Crippen LogP contribution >= 0.6 is 11.6 Å². The maximum absolute atomic E-state index is 13.4. The summed E-state index contributed by atoms with van der Waals surface area (Å²) in [7, 11) is 0. The number of hydrogen-bond acceptors (Lipinski definition) is 3. The summed E-state index contributed by atoms with van der Waals surface area (Å²) in [5.74, 6) is -0.488. The first kappa shape index (κ1) is 32.1. The van der Waals surface area contributed by atoms with E-state index in [1.807, 2.05) is 18.2 Å². The van der Waals surface area contributed by atoms with E-state index in [0.717, 1.165) is 44.7 Å². The Morgan fingerprint density at radius 3 is 2.12 bits per heavy atom. The molecule has 0 N–H and O–H groups in total. The van der Waals surface area contributed by atoms with Crippen molar-refractivity contribution in [2.24, 2.45) is 0 Å². The number of rotatable bonds is 7. The van der Waals surface area contributed by atoms with E-state index in [9.17, 15) is 31.1 Å². The van der Waals surface area contributed by atoms with Crippen molar-refractivity contribution in [2.45, 2.75) is 75.2 Å². The molecule has 1 atom stereocenters. The van der Waals surface area contributed by atoms with Crippen molar-refractivity contribution in [2.75, 3.05) is 45.8 Å². The average Bonchev–Trinajstić information content (AvgIpc) is 3.42. The van der Waals surface area contributed by atoms with Crippen molar-refractivity contribution in [3.05, 3.63) is 69.7 Å². The summed E-state index contributed by atoms with van der Waals surface area (Å²) in [6, 6.07) is 9.60. The highest BCUT2D eigenvalue weighted by Crippen LogP contribution is 2.40. The maximum Gasteiger partial charge on any atom is 0.416 e. The molecule has 1 saturated carbocycles. The number of likely N-dealkylation sites (tertiary alicyclic amines) is 1. The summed E-state index contributed by atoms with van der Waals surface area (Å²) in [5, 5.41) is 0.575. The molecule has 11 heteroatoms. The van der Waals surface area contributed by atoms with Gasteiger partial charge in [0.2, 0.25) is 5.91 Å². The van der Waals surface area contributed by atoms with Crippen molar-refractivity contribution in [3.63, 3.8) is 0 Å². The van der Waals surface area contributed by atoms with Crippen LogP contribution in [0.25, 0.3) is 0 Å². The van der Waals surface area contributed by atoms with Crippen LogP contribution in [0.2, 0.25) is 5.02 Å². The molecule has 0 bridgehead atoms. The molecule has 1 aliphatic carbocycles. The lowest BCUT2D eigenvalue weighted by Gasteiger charge is -2.41. The van der Waals surface area contributed by atoms with Crippen molar-refractivity contribution in [3.8, 4) is 0 Å². The molecule has 3 fully saturated rings. The number of hydrogen-bond donors (Lipinski definition) is 0. The van der Waals surface area contributed by atoms with Gasteiger partial charge in [-0.15, -0.1) is 0 Å². The van der Waals surface area contributed by atoms with Gasteiger partial charge in [0.15, 0.2) is 0 Å². The third-order valence-corrected chi connectivity index (χ3v) is 9.79. The fraction of sp³-hybridized carbons (Fsp3) is 0.594. The first-order valence-corrected chi connectivity index (χ1v) is 15.5. The fourth-order valence-electron chi connectivity index (χ4n) is 7.07. The lowest BCUT2D eigenvalue weighted by molar-refractivity contribution is -0.143. The van der Waals surface area contributed by atoms with Crippen molar-refractivity contribution < 1.29 is 31.1 Å². The third kappa shape index (κ3) is 7.87. The Bertz CT molecular complexity index is 1240. The van der Waals surface area contributed by atoms with Gasteiger partial charge >= 0.3 is 12.4 Å². The molecule has 4 nitrogen and oxygen atoms in total. The van der Waals surface area contributed by atoms with Crippen LogP contribution in [-0.4, -0.2) is 72.5 Å². The van der Waals surface area contributed by atoms with Crippen LogP contribution in [0.3, 0.4) is 0 Å². The first-order valence-electron chi connectivity index (χ1n) is 15.1. The average molecular weight is 630 g/mol. The Balaban J connectivity index is 1.28.